The smallest absolute Gasteiger partial charge is 0.0729 e. The molecule has 0 aliphatic carbocycles. The van der Waals surface area contributed by atoms with E-state index in [9.17, 15) is 0 Å². The molecule has 1 unspecified atom stereocenters. The van der Waals surface area contributed by atoms with E-state index in [1.54, 1.807) is 14.2 Å². The second-order valence-corrected chi connectivity index (χ2v) is 2.71. The zero-order chi connectivity index (χ0) is 11.4. The van der Waals surface area contributed by atoms with Gasteiger partial charge in [-0.25, -0.2) is 0 Å². The van der Waals surface area contributed by atoms with E-state index < -0.39 is 0 Å². The SMILES string of the molecule is C=C.COC/C=C\C(C)=C/C(C)OC. The predicted molar refractivity (Wildman–Crippen MR) is 62.5 cm³/mol. The molecule has 0 saturated carbocycles. The Morgan fingerprint density at radius 1 is 1.36 bits per heavy atom. The second-order valence-electron chi connectivity index (χ2n) is 2.71. The molecule has 0 radical (unpaired) electrons. The molecule has 2 heteroatoms. The van der Waals surface area contributed by atoms with Gasteiger partial charge in [-0.3, -0.25) is 0 Å². The highest BCUT2D eigenvalue weighted by molar-refractivity contribution is 5.17. The van der Waals surface area contributed by atoms with Gasteiger partial charge in [-0.05, 0) is 13.8 Å². The molecule has 0 aliphatic heterocycles. The molecular weight excluding hydrogens is 176 g/mol. The average Bonchev–Trinajstić information content (AvgIpc) is 2.21. The zero-order valence-corrected chi connectivity index (χ0v) is 9.75. The molecule has 82 valence electrons. The maximum absolute atomic E-state index is 5.09. The monoisotopic (exact) mass is 198 g/mol. The quantitative estimate of drug-likeness (QED) is 0.499. The van der Waals surface area contributed by atoms with Crippen molar-refractivity contribution in [1.29, 1.82) is 0 Å². The molecule has 14 heavy (non-hydrogen) atoms. The summed E-state index contributed by atoms with van der Waals surface area (Å²) in [7, 11) is 3.38. The Morgan fingerprint density at radius 2 is 1.93 bits per heavy atom. The van der Waals surface area contributed by atoms with E-state index >= 15 is 0 Å². The zero-order valence-electron chi connectivity index (χ0n) is 9.75. The number of hydrogen-bond donors (Lipinski definition) is 0. The summed E-state index contributed by atoms with van der Waals surface area (Å²) in [5.74, 6) is 0. The summed E-state index contributed by atoms with van der Waals surface area (Å²) in [4.78, 5) is 0. The van der Waals surface area contributed by atoms with Gasteiger partial charge in [-0.15, -0.1) is 13.2 Å². The number of allylic oxidation sites excluding steroid dienone is 2. The predicted octanol–water partition coefficient (Wildman–Crippen LogP) is 2.97. The van der Waals surface area contributed by atoms with Gasteiger partial charge in [0.25, 0.3) is 0 Å². The molecule has 0 fully saturated rings. The van der Waals surface area contributed by atoms with E-state index in [0.717, 1.165) is 0 Å². The van der Waals surface area contributed by atoms with Gasteiger partial charge in [0.1, 0.15) is 0 Å². The van der Waals surface area contributed by atoms with Crippen LogP contribution in [0.4, 0.5) is 0 Å². The van der Waals surface area contributed by atoms with Crippen molar-refractivity contribution in [2.75, 3.05) is 20.8 Å². The van der Waals surface area contributed by atoms with Crippen molar-refractivity contribution in [3.05, 3.63) is 37.0 Å². The molecule has 0 saturated heterocycles. The molecule has 0 aromatic carbocycles. The van der Waals surface area contributed by atoms with E-state index in [4.69, 9.17) is 9.47 Å². The van der Waals surface area contributed by atoms with Crippen LogP contribution in [0, 0.1) is 0 Å². The van der Waals surface area contributed by atoms with Gasteiger partial charge in [0.2, 0.25) is 0 Å². The van der Waals surface area contributed by atoms with Crippen LogP contribution in [0.5, 0.6) is 0 Å². The Labute approximate surface area is 87.9 Å². The first kappa shape index (κ1) is 15.6. The molecule has 0 aliphatic rings. The van der Waals surface area contributed by atoms with E-state index in [1.165, 1.54) is 5.57 Å². The minimum atomic E-state index is 0.178. The molecule has 0 amide bonds. The Morgan fingerprint density at radius 3 is 2.36 bits per heavy atom. The van der Waals surface area contributed by atoms with Crippen LogP contribution in [0.3, 0.4) is 0 Å². The Bertz CT molecular complexity index is 171. The van der Waals surface area contributed by atoms with Gasteiger partial charge in [0.05, 0.1) is 12.7 Å². The summed E-state index contributed by atoms with van der Waals surface area (Å²) >= 11 is 0. The van der Waals surface area contributed by atoms with Crippen molar-refractivity contribution in [2.45, 2.75) is 20.0 Å². The van der Waals surface area contributed by atoms with Crippen LogP contribution >= 0.6 is 0 Å². The van der Waals surface area contributed by atoms with Gasteiger partial charge >= 0.3 is 0 Å². The molecule has 0 spiro atoms. The van der Waals surface area contributed by atoms with Crippen LogP contribution in [-0.2, 0) is 9.47 Å². The van der Waals surface area contributed by atoms with Crippen LogP contribution in [0.25, 0.3) is 0 Å². The van der Waals surface area contributed by atoms with Crippen molar-refractivity contribution in [3.8, 4) is 0 Å². The van der Waals surface area contributed by atoms with Crippen LogP contribution in [-0.4, -0.2) is 26.9 Å². The maximum Gasteiger partial charge on any atom is 0.0729 e. The summed E-state index contributed by atoms with van der Waals surface area (Å²) < 4.78 is 9.96. The summed E-state index contributed by atoms with van der Waals surface area (Å²) in [5.41, 5.74) is 1.20. The van der Waals surface area contributed by atoms with Gasteiger partial charge < -0.3 is 9.47 Å². The van der Waals surface area contributed by atoms with Crippen molar-refractivity contribution in [3.63, 3.8) is 0 Å². The fourth-order valence-electron chi connectivity index (χ4n) is 0.824. The third-order valence-electron chi connectivity index (χ3n) is 1.51. The largest absolute Gasteiger partial charge is 0.381 e. The van der Waals surface area contributed by atoms with Gasteiger partial charge in [-0.2, -0.15) is 0 Å². The average molecular weight is 198 g/mol. The van der Waals surface area contributed by atoms with E-state index in [2.05, 4.69) is 19.2 Å². The third kappa shape index (κ3) is 11.1. The second kappa shape index (κ2) is 12.1. The van der Waals surface area contributed by atoms with E-state index in [-0.39, 0.29) is 6.10 Å². The number of hydrogen-bond acceptors (Lipinski definition) is 2. The minimum absolute atomic E-state index is 0.178. The summed E-state index contributed by atoms with van der Waals surface area (Å²) in [6.07, 6.45) is 6.25. The molecule has 0 N–H and O–H groups in total. The number of rotatable bonds is 5. The Hall–Kier alpha value is -0.860. The van der Waals surface area contributed by atoms with Crippen LogP contribution in [0.15, 0.2) is 37.0 Å². The van der Waals surface area contributed by atoms with Gasteiger partial charge in [0, 0.05) is 14.2 Å². The summed E-state index contributed by atoms with van der Waals surface area (Å²) in [6.45, 7) is 10.7. The summed E-state index contributed by atoms with van der Waals surface area (Å²) in [5, 5.41) is 0. The van der Waals surface area contributed by atoms with E-state index in [1.807, 2.05) is 26.0 Å². The maximum atomic E-state index is 5.09. The molecule has 2 nitrogen and oxygen atoms in total. The summed E-state index contributed by atoms with van der Waals surface area (Å²) in [6, 6.07) is 0. The fourth-order valence-corrected chi connectivity index (χ4v) is 0.824. The van der Waals surface area contributed by atoms with Gasteiger partial charge in [0.15, 0.2) is 0 Å². The van der Waals surface area contributed by atoms with Crippen molar-refractivity contribution in [2.24, 2.45) is 0 Å². The highest BCUT2D eigenvalue weighted by Gasteiger charge is 1.91. The highest BCUT2D eigenvalue weighted by Crippen LogP contribution is 1.99. The Kier molecular flexibility index (Phi) is 13.5. The number of methoxy groups -OCH3 is 2. The van der Waals surface area contributed by atoms with Crippen molar-refractivity contribution < 1.29 is 9.47 Å². The first-order valence-electron chi connectivity index (χ1n) is 4.57. The molecule has 0 aromatic heterocycles. The minimum Gasteiger partial charge on any atom is -0.381 e. The lowest BCUT2D eigenvalue weighted by atomic mass is 10.2. The van der Waals surface area contributed by atoms with Crippen LogP contribution in [0.1, 0.15) is 13.8 Å². The molecule has 0 rings (SSSR count). The lowest BCUT2D eigenvalue weighted by Gasteiger charge is -2.02. The van der Waals surface area contributed by atoms with Gasteiger partial charge in [-0.1, -0.05) is 23.8 Å². The first-order chi connectivity index (χ1) is 6.70. The molecule has 1 atom stereocenters. The standard InChI is InChI=1S/C10H18O2.C2H4/c1-9(6-5-7-11-3)8-10(2)12-4;1-2/h5-6,8,10H,7H2,1-4H3;1-2H2/b6-5-,9-8-;. The van der Waals surface area contributed by atoms with Crippen LogP contribution < -0.4 is 0 Å². The van der Waals surface area contributed by atoms with Crippen LogP contribution in [0.2, 0.25) is 0 Å². The molecular formula is C12H22O2. The lowest BCUT2D eigenvalue weighted by molar-refractivity contribution is 0.156. The first-order valence-corrected chi connectivity index (χ1v) is 4.57. The normalized spacial score (nSPS) is 13.6. The van der Waals surface area contributed by atoms with Crippen molar-refractivity contribution >= 4 is 0 Å². The molecule has 0 bridgehead atoms. The molecule has 0 heterocycles. The third-order valence-corrected chi connectivity index (χ3v) is 1.51. The Balaban J connectivity index is 0. The fraction of sp³-hybridized carbons (Fsp3) is 0.500. The number of ether oxygens (including phenoxy) is 2. The van der Waals surface area contributed by atoms with E-state index in [0.29, 0.717) is 6.61 Å². The molecule has 0 aromatic rings. The highest BCUT2D eigenvalue weighted by atomic mass is 16.5. The van der Waals surface area contributed by atoms with Crippen molar-refractivity contribution in [1.82, 2.24) is 0 Å². The topological polar surface area (TPSA) is 18.5 Å². The lowest BCUT2D eigenvalue weighted by Crippen LogP contribution is -1.99.